The lowest BCUT2D eigenvalue weighted by atomic mass is 9.93. The standard InChI is InChI=1S/C23H25N3O3S/c1-16-13-19(7-8-21(16)20-6-4-5-17(14-20)15-24)18-9-11-26(12-10-18)30(28,29)23(2,3)22(25)27/h4-9,13-14H,10-12H2,1-3H3,(H2,25,27). The van der Waals surface area contributed by atoms with Crippen molar-refractivity contribution in [2.75, 3.05) is 13.1 Å². The molecule has 30 heavy (non-hydrogen) atoms. The number of nitrogens with zero attached hydrogens (tertiary/aromatic N) is 2. The Bertz CT molecular complexity index is 1170. The molecule has 1 heterocycles. The van der Waals surface area contributed by atoms with Crippen LogP contribution in [-0.2, 0) is 14.8 Å². The summed E-state index contributed by atoms with van der Waals surface area (Å²) >= 11 is 0. The minimum atomic E-state index is -3.84. The number of hydrogen-bond donors (Lipinski definition) is 1. The lowest BCUT2D eigenvalue weighted by Crippen LogP contribution is -2.53. The highest BCUT2D eigenvalue weighted by molar-refractivity contribution is 7.91. The van der Waals surface area contributed by atoms with Crippen molar-refractivity contribution in [1.82, 2.24) is 4.31 Å². The number of carbonyl (C=O) groups is 1. The quantitative estimate of drug-likeness (QED) is 0.797. The van der Waals surface area contributed by atoms with Gasteiger partial charge in [-0.05, 0) is 67.2 Å². The van der Waals surface area contributed by atoms with Crippen LogP contribution in [-0.4, -0.2) is 36.5 Å². The second-order valence-corrected chi connectivity index (χ2v) is 10.4. The number of nitrogens with two attached hydrogens (primary N) is 1. The fraction of sp³-hybridized carbons (Fsp3) is 0.304. The number of rotatable bonds is 5. The topological polar surface area (TPSA) is 104 Å². The third kappa shape index (κ3) is 3.89. The predicted octanol–water partition coefficient (Wildman–Crippen LogP) is 3.22. The molecule has 0 radical (unpaired) electrons. The summed E-state index contributed by atoms with van der Waals surface area (Å²) < 4.78 is 25.2. The third-order valence-electron chi connectivity index (χ3n) is 5.65. The molecule has 2 aromatic carbocycles. The Morgan fingerprint density at radius 1 is 1.17 bits per heavy atom. The van der Waals surface area contributed by atoms with Gasteiger partial charge in [0.05, 0.1) is 11.6 Å². The van der Waals surface area contributed by atoms with Gasteiger partial charge in [-0.25, -0.2) is 8.42 Å². The van der Waals surface area contributed by atoms with Crippen LogP contribution in [0.5, 0.6) is 0 Å². The third-order valence-corrected chi connectivity index (χ3v) is 8.15. The summed E-state index contributed by atoms with van der Waals surface area (Å²) in [6.45, 7) is 5.21. The number of carbonyl (C=O) groups excluding carboxylic acids is 1. The number of sulfonamides is 1. The maximum atomic E-state index is 12.8. The molecule has 0 aromatic heterocycles. The molecule has 0 spiro atoms. The van der Waals surface area contributed by atoms with Crippen LogP contribution in [0.1, 0.15) is 37.0 Å². The van der Waals surface area contributed by atoms with Crippen LogP contribution in [0.25, 0.3) is 16.7 Å². The molecular formula is C23H25N3O3S. The van der Waals surface area contributed by atoms with Gasteiger partial charge in [-0.1, -0.05) is 36.4 Å². The summed E-state index contributed by atoms with van der Waals surface area (Å²) in [5.41, 5.74) is 11.1. The first-order valence-corrected chi connectivity index (χ1v) is 11.1. The van der Waals surface area contributed by atoms with Gasteiger partial charge in [0.1, 0.15) is 0 Å². The number of benzene rings is 2. The summed E-state index contributed by atoms with van der Waals surface area (Å²) in [5.74, 6) is -0.857. The molecule has 0 atom stereocenters. The van der Waals surface area contributed by atoms with E-state index in [0.29, 0.717) is 18.5 Å². The van der Waals surface area contributed by atoms with Crippen LogP contribution >= 0.6 is 0 Å². The van der Waals surface area contributed by atoms with Crippen molar-refractivity contribution in [2.24, 2.45) is 5.73 Å². The molecule has 7 heteroatoms. The Labute approximate surface area is 177 Å². The van der Waals surface area contributed by atoms with E-state index in [1.807, 2.05) is 43.3 Å². The van der Waals surface area contributed by atoms with Crippen molar-refractivity contribution in [1.29, 1.82) is 5.26 Å². The highest BCUT2D eigenvalue weighted by atomic mass is 32.2. The van der Waals surface area contributed by atoms with E-state index < -0.39 is 20.7 Å². The minimum absolute atomic E-state index is 0.208. The van der Waals surface area contributed by atoms with Gasteiger partial charge in [0, 0.05) is 13.1 Å². The minimum Gasteiger partial charge on any atom is -0.368 e. The average Bonchev–Trinajstić information content (AvgIpc) is 2.73. The first kappa shape index (κ1) is 21.8. The lowest BCUT2D eigenvalue weighted by Gasteiger charge is -2.32. The number of aryl methyl sites for hydroxylation is 1. The van der Waals surface area contributed by atoms with E-state index in [4.69, 9.17) is 11.0 Å². The van der Waals surface area contributed by atoms with Crippen molar-refractivity contribution in [2.45, 2.75) is 31.9 Å². The zero-order valence-electron chi connectivity index (χ0n) is 17.3. The van der Waals surface area contributed by atoms with Gasteiger partial charge >= 0.3 is 0 Å². The molecule has 2 aromatic rings. The smallest absolute Gasteiger partial charge is 0.239 e. The normalized spacial score (nSPS) is 15.3. The van der Waals surface area contributed by atoms with Gasteiger partial charge in [0.15, 0.2) is 4.75 Å². The maximum Gasteiger partial charge on any atom is 0.239 e. The van der Waals surface area contributed by atoms with Crippen molar-refractivity contribution in [3.8, 4) is 17.2 Å². The Morgan fingerprint density at radius 2 is 1.90 bits per heavy atom. The molecule has 1 aliphatic rings. The van der Waals surface area contributed by atoms with Crippen molar-refractivity contribution >= 4 is 21.5 Å². The largest absolute Gasteiger partial charge is 0.368 e. The van der Waals surface area contributed by atoms with Gasteiger partial charge in [-0.15, -0.1) is 0 Å². The molecule has 0 unspecified atom stereocenters. The van der Waals surface area contributed by atoms with Crippen molar-refractivity contribution < 1.29 is 13.2 Å². The number of amides is 1. The van der Waals surface area contributed by atoms with Gasteiger partial charge < -0.3 is 5.73 Å². The van der Waals surface area contributed by atoms with Gasteiger partial charge in [0.2, 0.25) is 15.9 Å². The monoisotopic (exact) mass is 423 g/mol. The van der Waals surface area contributed by atoms with Crippen molar-refractivity contribution in [3.05, 3.63) is 65.2 Å². The highest BCUT2D eigenvalue weighted by Crippen LogP contribution is 2.31. The summed E-state index contributed by atoms with van der Waals surface area (Å²) in [7, 11) is -3.84. The van der Waals surface area contributed by atoms with Crippen LogP contribution in [0, 0.1) is 18.3 Å². The van der Waals surface area contributed by atoms with E-state index in [-0.39, 0.29) is 6.54 Å². The molecule has 0 saturated heterocycles. The van der Waals surface area contributed by atoms with E-state index >= 15 is 0 Å². The molecule has 0 aliphatic carbocycles. The van der Waals surface area contributed by atoms with E-state index in [0.717, 1.165) is 27.8 Å². The molecule has 0 bridgehead atoms. The molecule has 0 saturated carbocycles. The zero-order valence-corrected chi connectivity index (χ0v) is 18.2. The molecule has 0 fully saturated rings. The van der Waals surface area contributed by atoms with E-state index in [2.05, 4.69) is 12.1 Å². The van der Waals surface area contributed by atoms with E-state index in [9.17, 15) is 13.2 Å². The van der Waals surface area contributed by atoms with Crippen LogP contribution in [0.3, 0.4) is 0 Å². The summed E-state index contributed by atoms with van der Waals surface area (Å²) in [5, 5.41) is 9.12. The Morgan fingerprint density at radius 3 is 2.47 bits per heavy atom. The van der Waals surface area contributed by atoms with Gasteiger partial charge in [-0.2, -0.15) is 9.57 Å². The van der Waals surface area contributed by atoms with E-state index in [1.165, 1.54) is 18.2 Å². The number of primary amides is 1. The van der Waals surface area contributed by atoms with Crippen LogP contribution in [0.15, 0.2) is 48.5 Å². The van der Waals surface area contributed by atoms with Gasteiger partial charge in [-0.3, -0.25) is 4.79 Å². The second-order valence-electron chi connectivity index (χ2n) is 7.94. The average molecular weight is 424 g/mol. The highest BCUT2D eigenvalue weighted by Gasteiger charge is 2.44. The summed E-state index contributed by atoms with van der Waals surface area (Å²) in [6.07, 6.45) is 2.44. The zero-order chi connectivity index (χ0) is 22.1. The fourth-order valence-electron chi connectivity index (χ4n) is 3.52. The summed E-state index contributed by atoms with van der Waals surface area (Å²) in [6, 6.07) is 15.8. The molecule has 1 amide bonds. The number of hydrogen-bond acceptors (Lipinski definition) is 4. The molecule has 1 aliphatic heterocycles. The Hall–Kier alpha value is -2.95. The fourth-order valence-corrected chi connectivity index (χ4v) is 5.03. The molecule has 156 valence electrons. The molecule has 2 N–H and O–H groups in total. The Balaban J connectivity index is 1.84. The van der Waals surface area contributed by atoms with Gasteiger partial charge in [0.25, 0.3) is 0 Å². The van der Waals surface area contributed by atoms with Crippen LogP contribution < -0.4 is 5.73 Å². The Kier molecular flexibility index (Phi) is 5.84. The first-order chi connectivity index (χ1) is 14.1. The van der Waals surface area contributed by atoms with Crippen LogP contribution in [0.4, 0.5) is 0 Å². The number of nitriles is 1. The molecule has 3 rings (SSSR count). The van der Waals surface area contributed by atoms with E-state index in [1.54, 1.807) is 6.07 Å². The maximum absolute atomic E-state index is 12.8. The molecular weight excluding hydrogens is 398 g/mol. The SMILES string of the molecule is Cc1cc(C2=CCN(S(=O)(=O)C(C)(C)C(N)=O)CC2)ccc1-c1cccc(C#N)c1. The van der Waals surface area contributed by atoms with Crippen LogP contribution in [0.2, 0.25) is 0 Å². The lowest BCUT2D eigenvalue weighted by molar-refractivity contribution is -0.119. The second kappa shape index (κ2) is 8.05. The first-order valence-electron chi connectivity index (χ1n) is 9.68. The van der Waals surface area contributed by atoms with Crippen molar-refractivity contribution in [3.63, 3.8) is 0 Å². The predicted molar refractivity (Wildman–Crippen MR) is 118 cm³/mol. The molecule has 6 nitrogen and oxygen atoms in total. The summed E-state index contributed by atoms with van der Waals surface area (Å²) in [4.78, 5) is 11.6.